The maximum Gasteiger partial charge on any atom is 0.220 e. The Kier molecular flexibility index (Phi) is 5.80. The SMILES string of the molecule is CNc1cc(CN(C)CC(C)(C)C)nc([C@H]2CCCN2C(C)=O)n1. The van der Waals surface area contributed by atoms with Crippen molar-refractivity contribution < 1.29 is 4.79 Å². The van der Waals surface area contributed by atoms with Gasteiger partial charge in [-0.2, -0.15) is 0 Å². The lowest BCUT2D eigenvalue weighted by Crippen LogP contribution is -2.31. The number of rotatable bonds is 5. The largest absolute Gasteiger partial charge is 0.373 e. The maximum atomic E-state index is 11.9. The Morgan fingerprint density at radius 1 is 1.42 bits per heavy atom. The topological polar surface area (TPSA) is 61.4 Å². The van der Waals surface area contributed by atoms with E-state index in [0.29, 0.717) is 0 Å². The van der Waals surface area contributed by atoms with Crippen molar-refractivity contribution in [3.63, 3.8) is 0 Å². The normalized spacial score (nSPS) is 18.3. The summed E-state index contributed by atoms with van der Waals surface area (Å²) in [6.07, 6.45) is 1.95. The molecule has 1 aromatic heterocycles. The molecule has 1 atom stereocenters. The fourth-order valence-electron chi connectivity index (χ4n) is 3.43. The predicted octanol–water partition coefficient (Wildman–Crippen LogP) is 2.68. The van der Waals surface area contributed by atoms with E-state index in [2.05, 4.69) is 43.0 Å². The standard InChI is InChI=1S/C18H31N5O/c1-13(24)23-9-7-8-15(23)17-20-14(10-16(19-5)21-17)11-22(6)12-18(2,3)4/h10,15H,7-9,11-12H2,1-6H3,(H,19,20,21)/t15-/m1/s1. The molecular formula is C18H31N5O. The summed E-state index contributed by atoms with van der Waals surface area (Å²) in [7, 11) is 3.98. The van der Waals surface area contributed by atoms with Gasteiger partial charge >= 0.3 is 0 Å². The predicted molar refractivity (Wildman–Crippen MR) is 96.7 cm³/mol. The summed E-state index contributed by atoms with van der Waals surface area (Å²) in [5.74, 6) is 1.67. The minimum absolute atomic E-state index is 0.00229. The van der Waals surface area contributed by atoms with E-state index in [4.69, 9.17) is 4.98 Å². The van der Waals surface area contributed by atoms with Crippen molar-refractivity contribution in [2.24, 2.45) is 5.41 Å². The lowest BCUT2D eigenvalue weighted by Gasteiger charge is -2.27. The van der Waals surface area contributed by atoms with E-state index in [9.17, 15) is 4.79 Å². The third-order valence-electron chi connectivity index (χ3n) is 4.18. The number of hydrogen-bond donors (Lipinski definition) is 1. The first-order chi connectivity index (χ1) is 11.2. The van der Waals surface area contributed by atoms with Crippen molar-refractivity contribution >= 4 is 11.7 Å². The molecule has 1 aromatic rings. The molecule has 1 fully saturated rings. The molecule has 6 heteroatoms. The van der Waals surface area contributed by atoms with Crippen molar-refractivity contribution in [3.05, 3.63) is 17.6 Å². The van der Waals surface area contributed by atoms with Crippen LogP contribution < -0.4 is 5.32 Å². The minimum atomic E-state index is 0.00229. The minimum Gasteiger partial charge on any atom is -0.373 e. The first-order valence-electron chi connectivity index (χ1n) is 8.71. The first kappa shape index (κ1) is 18.6. The fraction of sp³-hybridized carbons (Fsp3) is 0.722. The molecular weight excluding hydrogens is 302 g/mol. The van der Waals surface area contributed by atoms with Gasteiger partial charge in [-0.25, -0.2) is 9.97 Å². The Balaban J connectivity index is 2.23. The van der Waals surface area contributed by atoms with Crippen LogP contribution in [-0.2, 0) is 11.3 Å². The van der Waals surface area contributed by atoms with Gasteiger partial charge in [0.1, 0.15) is 5.82 Å². The molecule has 24 heavy (non-hydrogen) atoms. The van der Waals surface area contributed by atoms with E-state index in [1.54, 1.807) is 6.92 Å². The van der Waals surface area contributed by atoms with Gasteiger partial charge in [-0.1, -0.05) is 20.8 Å². The molecule has 1 saturated heterocycles. The molecule has 0 saturated carbocycles. The summed E-state index contributed by atoms with van der Waals surface area (Å²) < 4.78 is 0. The van der Waals surface area contributed by atoms with Gasteiger partial charge in [0.2, 0.25) is 5.91 Å². The lowest BCUT2D eigenvalue weighted by molar-refractivity contribution is -0.129. The first-order valence-corrected chi connectivity index (χ1v) is 8.71. The van der Waals surface area contributed by atoms with Gasteiger partial charge in [-0.05, 0) is 25.3 Å². The van der Waals surface area contributed by atoms with E-state index in [0.717, 1.165) is 49.8 Å². The Morgan fingerprint density at radius 2 is 2.12 bits per heavy atom. The fourth-order valence-corrected chi connectivity index (χ4v) is 3.43. The highest BCUT2D eigenvalue weighted by molar-refractivity contribution is 5.74. The summed E-state index contributed by atoms with van der Waals surface area (Å²) in [5, 5.41) is 3.12. The van der Waals surface area contributed by atoms with E-state index in [-0.39, 0.29) is 17.4 Å². The highest BCUT2D eigenvalue weighted by atomic mass is 16.2. The van der Waals surface area contributed by atoms with Crippen LogP contribution >= 0.6 is 0 Å². The van der Waals surface area contributed by atoms with Crippen LogP contribution in [0.15, 0.2) is 6.07 Å². The van der Waals surface area contributed by atoms with Crippen LogP contribution in [0.1, 0.15) is 58.1 Å². The van der Waals surface area contributed by atoms with Gasteiger partial charge in [0.15, 0.2) is 5.82 Å². The molecule has 0 bridgehead atoms. The number of amides is 1. The lowest BCUT2D eigenvalue weighted by atomic mass is 9.96. The second-order valence-corrected chi connectivity index (χ2v) is 7.96. The van der Waals surface area contributed by atoms with Crippen LogP contribution in [0.5, 0.6) is 0 Å². The summed E-state index contributed by atoms with van der Waals surface area (Å²) >= 11 is 0. The highest BCUT2D eigenvalue weighted by Crippen LogP contribution is 2.30. The average Bonchev–Trinajstić information content (AvgIpc) is 2.94. The number of nitrogens with zero attached hydrogens (tertiary/aromatic N) is 4. The van der Waals surface area contributed by atoms with Crippen molar-refractivity contribution in [3.8, 4) is 0 Å². The monoisotopic (exact) mass is 333 g/mol. The molecule has 1 aliphatic rings. The molecule has 0 spiro atoms. The Hall–Kier alpha value is -1.69. The van der Waals surface area contributed by atoms with Gasteiger partial charge in [0.25, 0.3) is 0 Å². The average molecular weight is 333 g/mol. The van der Waals surface area contributed by atoms with E-state index < -0.39 is 0 Å². The molecule has 0 unspecified atom stereocenters. The molecule has 1 aliphatic heterocycles. The van der Waals surface area contributed by atoms with Gasteiger partial charge in [0.05, 0.1) is 11.7 Å². The molecule has 134 valence electrons. The molecule has 2 rings (SSSR count). The number of nitrogens with one attached hydrogen (secondary N) is 1. The number of carbonyl (C=O) groups excluding carboxylic acids is 1. The smallest absolute Gasteiger partial charge is 0.220 e. The van der Waals surface area contributed by atoms with Crippen molar-refractivity contribution in [2.75, 3.05) is 32.5 Å². The summed E-state index contributed by atoms with van der Waals surface area (Å²) in [6.45, 7) is 10.9. The van der Waals surface area contributed by atoms with Crippen molar-refractivity contribution in [1.82, 2.24) is 19.8 Å². The Labute approximate surface area is 145 Å². The van der Waals surface area contributed by atoms with Crippen molar-refractivity contribution in [1.29, 1.82) is 0 Å². The Bertz CT molecular complexity index is 581. The van der Waals surface area contributed by atoms with Gasteiger partial charge in [-0.3, -0.25) is 4.79 Å². The third-order valence-corrected chi connectivity index (χ3v) is 4.18. The van der Waals surface area contributed by atoms with Crippen molar-refractivity contribution in [2.45, 2.75) is 53.1 Å². The van der Waals surface area contributed by atoms with Crippen LogP contribution in [-0.4, -0.2) is 52.9 Å². The van der Waals surface area contributed by atoms with E-state index >= 15 is 0 Å². The molecule has 0 aliphatic carbocycles. The molecule has 0 aromatic carbocycles. The van der Waals surface area contributed by atoms with E-state index in [1.807, 2.05) is 18.0 Å². The van der Waals surface area contributed by atoms with Crippen LogP contribution in [0.2, 0.25) is 0 Å². The highest BCUT2D eigenvalue weighted by Gasteiger charge is 2.30. The third kappa shape index (κ3) is 4.90. The zero-order valence-corrected chi connectivity index (χ0v) is 15.9. The quantitative estimate of drug-likeness (QED) is 0.898. The van der Waals surface area contributed by atoms with Gasteiger partial charge < -0.3 is 15.1 Å². The summed E-state index contributed by atoms with van der Waals surface area (Å²) in [6, 6.07) is 2.00. The molecule has 0 radical (unpaired) electrons. The second kappa shape index (κ2) is 7.47. The molecule has 1 amide bonds. The summed E-state index contributed by atoms with van der Waals surface area (Å²) in [4.78, 5) is 25.4. The number of anilines is 1. The molecule has 2 heterocycles. The number of carbonyl (C=O) groups is 1. The maximum absolute atomic E-state index is 11.9. The van der Waals surface area contributed by atoms with Crippen LogP contribution in [0.4, 0.5) is 5.82 Å². The number of hydrogen-bond acceptors (Lipinski definition) is 5. The van der Waals surface area contributed by atoms with Crippen LogP contribution in [0.25, 0.3) is 0 Å². The van der Waals surface area contributed by atoms with Crippen LogP contribution in [0.3, 0.4) is 0 Å². The van der Waals surface area contributed by atoms with Gasteiger partial charge in [0, 0.05) is 39.7 Å². The van der Waals surface area contributed by atoms with E-state index in [1.165, 1.54) is 0 Å². The van der Waals surface area contributed by atoms with Gasteiger partial charge in [-0.15, -0.1) is 0 Å². The van der Waals surface area contributed by atoms with Crippen LogP contribution in [0, 0.1) is 5.41 Å². The zero-order valence-electron chi connectivity index (χ0n) is 15.9. The summed E-state index contributed by atoms with van der Waals surface area (Å²) in [5.41, 5.74) is 1.24. The Morgan fingerprint density at radius 3 is 2.71 bits per heavy atom. The molecule has 1 N–H and O–H groups in total. The second-order valence-electron chi connectivity index (χ2n) is 7.96. The molecule has 6 nitrogen and oxygen atoms in total. The number of likely N-dealkylation sites (tertiary alicyclic amines) is 1. The zero-order chi connectivity index (χ0) is 17.9. The number of aromatic nitrogens is 2.